The van der Waals surface area contributed by atoms with Crippen LogP contribution in [0.25, 0.3) is 5.65 Å². The number of aliphatic imine (C=N–C) groups is 1. The molecule has 8 heteroatoms. The molecule has 156 valence electrons. The van der Waals surface area contributed by atoms with Crippen LogP contribution in [0, 0.1) is 5.82 Å². The molecule has 1 aromatic carbocycles. The number of guanidine groups is 1. The van der Waals surface area contributed by atoms with Crippen LogP contribution in [0.1, 0.15) is 19.5 Å². The Morgan fingerprint density at radius 3 is 2.86 bits per heavy atom. The minimum absolute atomic E-state index is 0. The molecule has 1 unspecified atom stereocenters. The Balaban J connectivity index is 0.00000300. The van der Waals surface area contributed by atoms with Crippen LogP contribution in [0.4, 0.5) is 4.39 Å². The van der Waals surface area contributed by atoms with Crippen LogP contribution in [0.2, 0.25) is 0 Å². The highest BCUT2D eigenvalue weighted by Crippen LogP contribution is 2.13. The lowest BCUT2D eigenvalue weighted by Gasteiger charge is -2.15. The first-order valence-electron chi connectivity index (χ1n) is 9.51. The minimum atomic E-state index is -0.310. The lowest BCUT2D eigenvalue weighted by Crippen LogP contribution is -2.39. The van der Waals surface area contributed by atoms with Crippen LogP contribution in [0.5, 0.6) is 5.75 Å². The number of pyridine rings is 1. The average molecular weight is 511 g/mol. The third kappa shape index (κ3) is 7.19. The first-order chi connectivity index (χ1) is 13.6. The Morgan fingerprint density at radius 1 is 1.24 bits per heavy atom. The summed E-state index contributed by atoms with van der Waals surface area (Å²) in [5, 5.41) is 6.54. The predicted molar refractivity (Wildman–Crippen MR) is 125 cm³/mol. The van der Waals surface area contributed by atoms with E-state index in [4.69, 9.17) is 4.74 Å². The molecule has 6 nitrogen and oxygen atoms in total. The van der Waals surface area contributed by atoms with E-state index in [2.05, 4.69) is 20.6 Å². The third-order valence-electron chi connectivity index (χ3n) is 4.07. The van der Waals surface area contributed by atoms with Gasteiger partial charge < -0.3 is 19.8 Å². The summed E-state index contributed by atoms with van der Waals surface area (Å²) in [5.74, 6) is 0.920. The molecule has 1 atom stereocenters. The van der Waals surface area contributed by atoms with E-state index in [-0.39, 0.29) is 35.9 Å². The summed E-state index contributed by atoms with van der Waals surface area (Å²) in [7, 11) is 0. The molecule has 29 heavy (non-hydrogen) atoms. The summed E-state index contributed by atoms with van der Waals surface area (Å²) in [6, 6.07) is 12.1. The summed E-state index contributed by atoms with van der Waals surface area (Å²) >= 11 is 0. The molecule has 0 amide bonds. The molecular weight excluding hydrogens is 484 g/mol. The van der Waals surface area contributed by atoms with E-state index in [0.717, 1.165) is 36.8 Å². The van der Waals surface area contributed by atoms with E-state index < -0.39 is 0 Å². The summed E-state index contributed by atoms with van der Waals surface area (Å²) in [4.78, 5) is 9.15. The van der Waals surface area contributed by atoms with Crippen molar-refractivity contribution in [1.82, 2.24) is 20.0 Å². The Kier molecular flexibility index (Phi) is 9.17. The number of hydrogen-bond acceptors (Lipinski definition) is 3. The molecule has 0 spiro atoms. The maximum absolute atomic E-state index is 13.2. The molecule has 2 heterocycles. The van der Waals surface area contributed by atoms with Gasteiger partial charge in [-0.1, -0.05) is 12.1 Å². The van der Waals surface area contributed by atoms with Crippen LogP contribution in [-0.4, -0.2) is 41.1 Å². The van der Waals surface area contributed by atoms with E-state index in [0.29, 0.717) is 12.3 Å². The van der Waals surface area contributed by atoms with Crippen LogP contribution < -0.4 is 15.4 Å². The van der Waals surface area contributed by atoms with Crippen molar-refractivity contribution >= 4 is 35.6 Å². The summed E-state index contributed by atoms with van der Waals surface area (Å²) < 4.78 is 21.0. The van der Waals surface area contributed by atoms with Crippen LogP contribution in [0.3, 0.4) is 0 Å². The van der Waals surface area contributed by atoms with E-state index >= 15 is 0 Å². The Labute approximate surface area is 187 Å². The van der Waals surface area contributed by atoms with Crippen molar-refractivity contribution in [2.75, 3.05) is 19.6 Å². The molecule has 2 aromatic heterocycles. The van der Waals surface area contributed by atoms with E-state index in [1.165, 1.54) is 12.1 Å². The molecular formula is C21H27FIN5O. The molecule has 0 saturated carbocycles. The SMILES string of the molecule is CCNC(=NCC(C)Oc1cccc(F)c1)NCCc1cn2ccccc2n1.I. The van der Waals surface area contributed by atoms with Gasteiger partial charge >= 0.3 is 0 Å². The van der Waals surface area contributed by atoms with Gasteiger partial charge in [0.15, 0.2) is 5.96 Å². The van der Waals surface area contributed by atoms with Crippen molar-refractivity contribution < 1.29 is 9.13 Å². The van der Waals surface area contributed by atoms with Gasteiger partial charge in [0.25, 0.3) is 0 Å². The van der Waals surface area contributed by atoms with Crippen LogP contribution >= 0.6 is 24.0 Å². The largest absolute Gasteiger partial charge is 0.489 e. The van der Waals surface area contributed by atoms with Crippen molar-refractivity contribution in [3.8, 4) is 5.75 Å². The van der Waals surface area contributed by atoms with Crippen molar-refractivity contribution in [3.63, 3.8) is 0 Å². The highest BCUT2D eigenvalue weighted by atomic mass is 127. The zero-order valence-corrected chi connectivity index (χ0v) is 19.0. The first-order valence-corrected chi connectivity index (χ1v) is 9.51. The molecule has 0 aliphatic heterocycles. The fourth-order valence-corrected chi connectivity index (χ4v) is 2.79. The maximum Gasteiger partial charge on any atom is 0.191 e. The van der Waals surface area contributed by atoms with Gasteiger partial charge in [0.05, 0.1) is 12.2 Å². The van der Waals surface area contributed by atoms with Gasteiger partial charge in [-0.25, -0.2) is 14.4 Å². The molecule has 0 radical (unpaired) electrons. The Bertz CT molecular complexity index is 897. The first kappa shape index (κ1) is 22.9. The second-order valence-corrected chi connectivity index (χ2v) is 6.48. The summed E-state index contributed by atoms with van der Waals surface area (Å²) in [6.45, 7) is 5.87. The molecule has 3 rings (SSSR count). The van der Waals surface area contributed by atoms with Gasteiger partial charge in [-0.3, -0.25) is 0 Å². The number of imidazole rings is 1. The fraction of sp³-hybridized carbons (Fsp3) is 0.333. The third-order valence-corrected chi connectivity index (χ3v) is 4.07. The number of benzene rings is 1. The lowest BCUT2D eigenvalue weighted by atomic mass is 10.3. The van der Waals surface area contributed by atoms with Gasteiger partial charge in [0.2, 0.25) is 0 Å². The zero-order valence-electron chi connectivity index (χ0n) is 16.6. The molecule has 0 saturated heterocycles. The van der Waals surface area contributed by atoms with Crippen molar-refractivity contribution in [3.05, 3.63) is 66.4 Å². The molecule has 3 aromatic rings. The number of rotatable bonds is 8. The Hall–Kier alpha value is -2.36. The highest BCUT2D eigenvalue weighted by Gasteiger charge is 2.06. The molecule has 0 fully saturated rings. The topological polar surface area (TPSA) is 63.0 Å². The monoisotopic (exact) mass is 511 g/mol. The van der Waals surface area contributed by atoms with Gasteiger partial charge in [0, 0.05) is 38.0 Å². The average Bonchev–Trinajstić information content (AvgIpc) is 3.09. The number of nitrogens with zero attached hydrogens (tertiary/aromatic N) is 3. The highest BCUT2D eigenvalue weighted by molar-refractivity contribution is 14.0. The standard InChI is InChI=1S/C21H26FN5O.HI/c1-3-23-21(25-14-16(2)28-19-8-6-7-17(22)13-19)24-11-10-18-15-27-12-5-4-9-20(27)26-18;/h4-9,12-13,15-16H,3,10-11,14H2,1-2H3,(H2,23,24,25);1H. The number of aromatic nitrogens is 2. The second kappa shape index (κ2) is 11.6. The van der Waals surface area contributed by atoms with Gasteiger partial charge in [-0.15, -0.1) is 24.0 Å². The van der Waals surface area contributed by atoms with Crippen molar-refractivity contribution in [1.29, 1.82) is 0 Å². The number of nitrogens with one attached hydrogen (secondary N) is 2. The summed E-state index contributed by atoms with van der Waals surface area (Å²) in [5.41, 5.74) is 1.97. The van der Waals surface area contributed by atoms with Gasteiger partial charge in [-0.2, -0.15) is 0 Å². The molecule has 2 N–H and O–H groups in total. The van der Waals surface area contributed by atoms with Crippen LogP contribution in [0.15, 0.2) is 59.9 Å². The lowest BCUT2D eigenvalue weighted by molar-refractivity contribution is 0.229. The van der Waals surface area contributed by atoms with Crippen molar-refractivity contribution in [2.24, 2.45) is 4.99 Å². The number of halogens is 2. The van der Waals surface area contributed by atoms with E-state index in [1.54, 1.807) is 12.1 Å². The maximum atomic E-state index is 13.2. The normalized spacial score (nSPS) is 12.3. The molecule has 0 bridgehead atoms. The number of hydrogen-bond donors (Lipinski definition) is 2. The van der Waals surface area contributed by atoms with E-state index in [9.17, 15) is 4.39 Å². The van der Waals surface area contributed by atoms with Crippen LogP contribution in [-0.2, 0) is 6.42 Å². The number of fused-ring (bicyclic) bond motifs is 1. The van der Waals surface area contributed by atoms with Crippen molar-refractivity contribution in [2.45, 2.75) is 26.4 Å². The summed E-state index contributed by atoms with van der Waals surface area (Å²) in [6.07, 6.45) is 4.65. The van der Waals surface area contributed by atoms with Gasteiger partial charge in [0.1, 0.15) is 23.3 Å². The quantitative estimate of drug-likeness (QED) is 0.276. The fourth-order valence-electron chi connectivity index (χ4n) is 2.79. The molecule has 0 aliphatic carbocycles. The molecule has 0 aliphatic rings. The smallest absolute Gasteiger partial charge is 0.191 e. The van der Waals surface area contributed by atoms with Gasteiger partial charge in [-0.05, 0) is 38.1 Å². The minimum Gasteiger partial charge on any atom is -0.489 e. The van der Waals surface area contributed by atoms with E-state index in [1.807, 2.05) is 48.8 Å². The second-order valence-electron chi connectivity index (χ2n) is 6.48. The number of ether oxygens (including phenoxy) is 1. The Morgan fingerprint density at radius 2 is 2.10 bits per heavy atom. The zero-order chi connectivity index (χ0) is 19.8. The predicted octanol–water partition coefficient (Wildman–Crippen LogP) is 3.66.